The van der Waals surface area contributed by atoms with E-state index in [1.807, 2.05) is 6.07 Å². The lowest BCUT2D eigenvalue weighted by Crippen LogP contribution is -2.02. The van der Waals surface area contributed by atoms with Gasteiger partial charge in [0.15, 0.2) is 17.9 Å². The average Bonchev–Trinajstić information content (AvgIpc) is 3.24. The van der Waals surface area contributed by atoms with Crippen molar-refractivity contribution < 1.29 is 14.3 Å². The number of nitrogens with zero attached hydrogens (tertiary/aromatic N) is 2. The molecule has 7 nitrogen and oxygen atoms in total. The number of phenols is 1. The minimum atomic E-state index is -0.121. The zero-order chi connectivity index (χ0) is 17.8. The Hall–Kier alpha value is -2.87. The first-order valence-electron chi connectivity index (χ1n) is 7.76. The van der Waals surface area contributed by atoms with Crippen LogP contribution in [0, 0.1) is 0 Å². The Bertz CT molecular complexity index is 872. The molecule has 2 aromatic heterocycles. The van der Waals surface area contributed by atoms with Crippen molar-refractivity contribution in [1.29, 1.82) is 0 Å². The van der Waals surface area contributed by atoms with Crippen molar-refractivity contribution in [3.05, 3.63) is 47.4 Å². The van der Waals surface area contributed by atoms with Crippen LogP contribution < -0.4 is 10.6 Å². The Morgan fingerprint density at radius 3 is 2.84 bits per heavy atom. The van der Waals surface area contributed by atoms with Crippen LogP contribution in [0.2, 0.25) is 0 Å². The van der Waals surface area contributed by atoms with Crippen molar-refractivity contribution in [3.63, 3.8) is 0 Å². The van der Waals surface area contributed by atoms with Crippen molar-refractivity contribution in [2.45, 2.75) is 26.3 Å². The molecule has 8 heteroatoms. The molecule has 25 heavy (non-hydrogen) atoms. The van der Waals surface area contributed by atoms with Gasteiger partial charge in [-0.1, -0.05) is 19.9 Å². The molecule has 0 saturated carbocycles. The molecule has 0 unspecified atom stereocenters. The predicted octanol–water partition coefficient (Wildman–Crippen LogP) is 4.13. The molecule has 3 N–H and O–H groups in total. The monoisotopic (exact) mass is 358 g/mol. The highest BCUT2D eigenvalue weighted by atomic mass is 32.1. The number of nitrogens with one attached hydrogen (secondary N) is 2. The third-order valence-corrected chi connectivity index (χ3v) is 4.24. The highest BCUT2D eigenvalue weighted by Crippen LogP contribution is 2.31. The number of hydrogen-bond acceptors (Lipinski definition) is 8. The third-order valence-electron chi connectivity index (χ3n) is 3.71. The van der Waals surface area contributed by atoms with E-state index in [9.17, 15) is 9.90 Å². The minimum absolute atomic E-state index is 0.121. The van der Waals surface area contributed by atoms with Gasteiger partial charge in [-0.25, -0.2) is 0 Å². The number of anilines is 3. The second kappa shape index (κ2) is 7.35. The zero-order valence-corrected chi connectivity index (χ0v) is 14.6. The number of aromatic hydroxyl groups is 1. The Morgan fingerprint density at radius 1 is 1.32 bits per heavy atom. The fourth-order valence-corrected chi connectivity index (χ4v) is 2.72. The van der Waals surface area contributed by atoms with E-state index >= 15 is 0 Å². The van der Waals surface area contributed by atoms with Crippen LogP contribution in [-0.2, 0) is 6.54 Å². The lowest BCUT2D eigenvalue weighted by Gasteiger charge is -2.09. The summed E-state index contributed by atoms with van der Waals surface area (Å²) in [7, 11) is 0. The first kappa shape index (κ1) is 17.0. The summed E-state index contributed by atoms with van der Waals surface area (Å²) in [6.45, 7) is 4.68. The van der Waals surface area contributed by atoms with E-state index < -0.39 is 0 Å². The standard InChI is InChI=1S/C17H18N4O3S/c1-10(2)12-6-13(24-9-12)7-18-16-17(21-25-20-16)19-14-5-3-4-11(8-22)15(14)23/h3-6,8-10,23H,7H2,1-2H3,(H,18,20)(H,19,21). The summed E-state index contributed by atoms with van der Waals surface area (Å²) in [6, 6.07) is 6.88. The van der Waals surface area contributed by atoms with Crippen LogP contribution in [0.1, 0.15) is 41.4 Å². The van der Waals surface area contributed by atoms with Gasteiger partial charge in [0.05, 0.1) is 35.8 Å². The van der Waals surface area contributed by atoms with Gasteiger partial charge in [-0.15, -0.1) is 0 Å². The molecule has 0 radical (unpaired) electrons. The van der Waals surface area contributed by atoms with E-state index in [-0.39, 0.29) is 11.3 Å². The molecule has 3 aromatic rings. The van der Waals surface area contributed by atoms with Gasteiger partial charge >= 0.3 is 0 Å². The first-order chi connectivity index (χ1) is 12.1. The lowest BCUT2D eigenvalue weighted by molar-refractivity contribution is 0.112. The Labute approximate surface area is 149 Å². The number of carbonyl (C=O) groups is 1. The van der Waals surface area contributed by atoms with E-state index in [4.69, 9.17) is 4.42 Å². The van der Waals surface area contributed by atoms with Crippen molar-refractivity contribution in [2.24, 2.45) is 0 Å². The van der Waals surface area contributed by atoms with Crippen LogP contribution in [0.3, 0.4) is 0 Å². The van der Waals surface area contributed by atoms with E-state index in [1.54, 1.807) is 18.4 Å². The Kier molecular flexibility index (Phi) is 4.99. The maximum Gasteiger partial charge on any atom is 0.188 e. The molecule has 130 valence electrons. The van der Waals surface area contributed by atoms with Gasteiger partial charge in [-0.05, 0) is 29.7 Å². The largest absolute Gasteiger partial charge is 0.505 e. The molecular weight excluding hydrogens is 340 g/mol. The molecule has 0 aliphatic carbocycles. The van der Waals surface area contributed by atoms with Crippen LogP contribution in [0.4, 0.5) is 17.3 Å². The number of carbonyl (C=O) groups excluding carboxylic acids is 1. The highest BCUT2D eigenvalue weighted by Gasteiger charge is 2.13. The molecule has 1 aromatic carbocycles. The van der Waals surface area contributed by atoms with E-state index in [2.05, 4.69) is 33.2 Å². The van der Waals surface area contributed by atoms with Gasteiger partial charge in [0.25, 0.3) is 0 Å². The second-order valence-electron chi connectivity index (χ2n) is 5.80. The second-order valence-corrected chi connectivity index (χ2v) is 6.33. The molecule has 0 atom stereocenters. The van der Waals surface area contributed by atoms with Crippen LogP contribution >= 0.6 is 11.7 Å². The average molecular weight is 358 g/mol. The fourth-order valence-electron chi connectivity index (χ4n) is 2.24. The normalized spacial score (nSPS) is 10.8. The maximum absolute atomic E-state index is 10.9. The highest BCUT2D eigenvalue weighted by molar-refractivity contribution is 6.99. The van der Waals surface area contributed by atoms with Gasteiger partial charge in [-0.2, -0.15) is 8.75 Å². The molecule has 0 aliphatic rings. The van der Waals surface area contributed by atoms with E-state index in [0.29, 0.717) is 36.1 Å². The van der Waals surface area contributed by atoms with Crippen LogP contribution in [0.5, 0.6) is 5.75 Å². The van der Waals surface area contributed by atoms with Gasteiger partial charge in [-0.3, -0.25) is 4.79 Å². The minimum Gasteiger partial charge on any atom is -0.505 e. The van der Waals surface area contributed by atoms with Crippen LogP contribution in [0.25, 0.3) is 0 Å². The van der Waals surface area contributed by atoms with Crippen LogP contribution in [-0.4, -0.2) is 20.1 Å². The first-order valence-corrected chi connectivity index (χ1v) is 8.49. The van der Waals surface area contributed by atoms with Gasteiger partial charge in [0.2, 0.25) is 0 Å². The summed E-state index contributed by atoms with van der Waals surface area (Å²) in [5.41, 5.74) is 1.74. The van der Waals surface area contributed by atoms with E-state index in [0.717, 1.165) is 23.1 Å². The smallest absolute Gasteiger partial charge is 0.188 e. The molecule has 0 spiro atoms. The third kappa shape index (κ3) is 3.80. The molecule has 0 fully saturated rings. The van der Waals surface area contributed by atoms with E-state index in [1.165, 1.54) is 6.07 Å². The number of furan rings is 1. The van der Waals surface area contributed by atoms with Crippen molar-refractivity contribution >= 4 is 35.3 Å². The summed E-state index contributed by atoms with van der Waals surface area (Å²) in [6.07, 6.45) is 2.35. The number of para-hydroxylation sites is 1. The SMILES string of the molecule is CC(C)c1coc(CNc2nsnc2Nc2cccc(C=O)c2O)c1. The Balaban J connectivity index is 1.71. The summed E-state index contributed by atoms with van der Waals surface area (Å²) in [5.74, 6) is 2.10. The van der Waals surface area contributed by atoms with Gasteiger partial charge in [0, 0.05) is 0 Å². The quantitative estimate of drug-likeness (QED) is 0.431. The summed E-state index contributed by atoms with van der Waals surface area (Å²) < 4.78 is 13.9. The molecule has 2 heterocycles. The number of aldehydes is 1. The molecule has 0 amide bonds. The number of rotatable bonds is 7. The maximum atomic E-state index is 10.9. The summed E-state index contributed by atoms with van der Waals surface area (Å²) in [4.78, 5) is 10.9. The number of aromatic nitrogens is 2. The van der Waals surface area contributed by atoms with Crippen molar-refractivity contribution in [3.8, 4) is 5.75 Å². The zero-order valence-electron chi connectivity index (χ0n) is 13.8. The molecule has 0 bridgehead atoms. The summed E-state index contributed by atoms with van der Waals surface area (Å²) in [5, 5.41) is 16.2. The topological polar surface area (TPSA) is 100 Å². The fraction of sp³-hybridized carbons (Fsp3) is 0.235. The summed E-state index contributed by atoms with van der Waals surface area (Å²) >= 11 is 1.04. The van der Waals surface area contributed by atoms with Crippen LogP contribution in [0.15, 0.2) is 34.9 Å². The molecule has 0 saturated heterocycles. The number of hydrogen-bond donors (Lipinski definition) is 3. The van der Waals surface area contributed by atoms with Crippen molar-refractivity contribution in [1.82, 2.24) is 8.75 Å². The molecule has 0 aliphatic heterocycles. The molecular formula is C17H18N4O3S. The Morgan fingerprint density at radius 2 is 2.12 bits per heavy atom. The number of benzene rings is 1. The molecule has 3 rings (SSSR count). The van der Waals surface area contributed by atoms with Crippen molar-refractivity contribution in [2.75, 3.05) is 10.6 Å². The number of phenolic OH excluding ortho intramolecular Hbond substituents is 1. The van der Waals surface area contributed by atoms with Gasteiger partial charge < -0.3 is 20.2 Å². The van der Waals surface area contributed by atoms with Gasteiger partial charge in [0.1, 0.15) is 11.5 Å². The lowest BCUT2D eigenvalue weighted by atomic mass is 10.1. The predicted molar refractivity (Wildman–Crippen MR) is 96.8 cm³/mol.